The van der Waals surface area contributed by atoms with E-state index in [-0.39, 0.29) is 29.5 Å². The van der Waals surface area contributed by atoms with Gasteiger partial charge in [0.1, 0.15) is 6.61 Å². The second kappa shape index (κ2) is 6.70. The van der Waals surface area contributed by atoms with Crippen LogP contribution in [0.15, 0.2) is 12.1 Å². The molecule has 6 heteroatoms. The van der Waals surface area contributed by atoms with Gasteiger partial charge in [-0.2, -0.15) is 0 Å². The Morgan fingerprint density at radius 2 is 1.70 bits per heavy atom. The van der Waals surface area contributed by atoms with Crippen LogP contribution in [-0.4, -0.2) is 24.8 Å². The second-order valence-corrected chi connectivity index (χ2v) is 4.10. The van der Waals surface area contributed by atoms with Crippen molar-refractivity contribution in [3.8, 4) is 11.5 Å². The molecule has 1 aromatic carbocycles. The fourth-order valence-electron chi connectivity index (χ4n) is 1.59. The zero-order chi connectivity index (χ0) is 15.3. The van der Waals surface area contributed by atoms with Crippen LogP contribution < -0.4 is 9.47 Å². The predicted molar refractivity (Wildman–Crippen MR) is 69.8 cm³/mol. The standard InChI is InChI=1S/C14H16O6/c1-8(15)12-5-11(7-19-9(2)16)6-13(18-4)14(12)20-10(3)17/h5-6H,7H2,1-4H3. The van der Waals surface area contributed by atoms with E-state index in [2.05, 4.69) is 0 Å². The number of ketones is 1. The molecule has 0 heterocycles. The average molecular weight is 280 g/mol. The van der Waals surface area contributed by atoms with Crippen LogP contribution in [0.2, 0.25) is 0 Å². The van der Waals surface area contributed by atoms with E-state index in [1.165, 1.54) is 33.9 Å². The number of carbonyl (C=O) groups is 3. The monoisotopic (exact) mass is 280 g/mol. The van der Waals surface area contributed by atoms with Gasteiger partial charge in [0.2, 0.25) is 0 Å². The van der Waals surface area contributed by atoms with Crippen molar-refractivity contribution in [1.29, 1.82) is 0 Å². The molecule has 0 saturated heterocycles. The first-order valence-electron chi connectivity index (χ1n) is 5.88. The highest BCUT2D eigenvalue weighted by Gasteiger charge is 2.18. The molecular formula is C14H16O6. The number of esters is 2. The molecule has 0 N–H and O–H groups in total. The second-order valence-electron chi connectivity index (χ2n) is 4.10. The maximum Gasteiger partial charge on any atom is 0.308 e. The zero-order valence-corrected chi connectivity index (χ0v) is 11.8. The molecule has 0 amide bonds. The molecule has 0 fully saturated rings. The van der Waals surface area contributed by atoms with Gasteiger partial charge in [0.25, 0.3) is 0 Å². The maximum atomic E-state index is 11.7. The van der Waals surface area contributed by atoms with Gasteiger partial charge in [-0.3, -0.25) is 14.4 Å². The normalized spacial score (nSPS) is 9.80. The molecule has 1 aromatic rings. The van der Waals surface area contributed by atoms with Crippen LogP contribution in [0.5, 0.6) is 11.5 Å². The lowest BCUT2D eigenvalue weighted by atomic mass is 10.1. The van der Waals surface area contributed by atoms with Crippen LogP contribution in [0.1, 0.15) is 36.7 Å². The lowest BCUT2D eigenvalue weighted by Crippen LogP contribution is -2.09. The molecule has 0 atom stereocenters. The van der Waals surface area contributed by atoms with Gasteiger partial charge in [0, 0.05) is 13.8 Å². The van der Waals surface area contributed by atoms with Crippen molar-refractivity contribution in [2.24, 2.45) is 0 Å². The number of benzene rings is 1. The zero-order valence-electron chi connectivity index (χ0n) is 11.8. The van der Waals surface area contributed by atoms with E-state index in [0.29, 0.717) is 5.56 Å². The van der Waals surface area contributed by atoms with E-state index in [4.69, 9.17) is 14.2 Å². The maximum absolute atomic E-state index is 11.7. The van der Waals surface area contributed by atoms with Crippen molar-refractivity contribution in [3.63, 3.8) is 0 Å². The Morgan fingerprint density at radius 1 is 1.05 bits per heavy atom. The summed E-state index contributed by atoms with van der Waals surface area (Å²) in [7, 11) is 1.39. The van der Waals surface area contributed by atoms with Gasteiger partial charge >= 0.3 is 11.9 Å². The highest BCUT2D eigenvalue weighted by molar-refractivity contribution is 5.98. The van der Waals surface area contributed by atoms with Gasteiger partial charge in [-0.05, 0) is 24.6 Å². The summed E-state index contributed by atoms with van der Waals surface area (Å²) in [4.78, 5) is 33.6. The van der Waals surface area contributed by atoms with Gasteiger partial charge in [-0.1, -0.05) is 0 Å². The van der Waals surface area contributed by atoms with Crippen molar-refractivity contribution in [2.45, 2.75) is 27.4 Å². The molecule has 0 aliphatic rings. The highest BCUT2D eigenvalue weighted by atomic mass is 16.6. The largest absolute Gasteiger partial charge is 0.493 e. The van der Waals surface area contributed by atoms with Crippen LogP contribution in [0.25, 0.3) is 0 Å². The summed E-state index contributed by atoms with van der Waals surface area (Å²) >= 11 is 0. The van der Waals surface area contributed by atoms with Gasteiger partial charge in [0.05, 0.1) is 12.7 Å². The van der Waals surface area contributed by atoms with Gasteiger partial charge < -0.3 is 14.2 Å². The molecule has 0 spiro atoms. The van der Waals surface area contributed by atoms with E-state index in [0.717, 1.165) is 0 Å². The molecule has 20 heavy (non-hydrogen) atoms. The summed E-state index contributed by atoms with van der Waals surface area (Å²) in [5, 5.41) is 0. The molecule has 0 aromatic heterocycles. The van der Waals surface area contributed by atoms with E-state index >= 15 is 0 Å². The Kier molecular flexibility index (Phi) is 5.25. The molecule has 0 radical (unpaired) electrons. The van der Waals surface area contributed by atoms with Gasteiger partial charge in [0.15, 0.2) is 17.3 Å². The van der Waals surface area contributed by atoms with Crippen molar-refractivity contribution in [1.82, 2.24) is 0 Å². The summed E-state index contributed by atoms with van der Waals surface area (Å²) in [6.45, 7) is 3.87. The Morgan fingerprint density at radius 3 is 2.15 bits per heavy atom. The van der Waals surface area contributed by atoms with Crippen LogP contribution in [0.3, 0.4) is 0 Å². The van der Waals surface area contributed by atoms with E-state index in [1.54, 1.807) is 6.07 Å². The first-order chi connectivity index (χ1) is 9.35. The van der Waals surface area contributed by atoms with Crippen LogP contribution in [0, 0.1) is 0 Å². The fourth-order valence-corrected chi connectivity index (χ4v) is 1.59. The van der Waals surface area contributed by atoms with Crippen molar-refractivity contribution >= 4 is 17.7 Å². The molecule has 0 aliphatic carbocycles. The number of carbonyl (C=O) groups excluding carboxylic acids is 3. The van der Waals surface area contributed by atoms with Gasteiger partial charge in [-0.15, -0.1) is 0 Å². The fraction of sp³-hybridized carbons (Fsp3) is 0.357. The molecule has 0 bridgehead atoms. The first-order valence-corrected chi connectivity index (χ1v) is 5.88. The number of rotatable bonds is 5. The summed E-state index contributed by atoms with van der Waals surface area (Å²) in [6.07, 6.45) is 0. The Labute approximate surface area is 116 Å². The lowest BCUT2D eigenvalue weighted by Gasteiger charge is -2.14. The third-order valence-electron chi connectivity index (χ3n) is 2.40. The quantitative estimate of drug-likeness (QED) is 0.465. The smallest absolute Gasteiger partial charge is 0.308 e. The van der Waals surface area contributed by atoms with E-state index < -0.39 is 11.9 Å². The summed E-state index contributed by atoms with van der Waals surface area (Å²) in [6, 6.07) is 3.06. The van der Waals surface area contributed by atoms with E-state index in [1.807, 2.05) is 0 Å². The number of Topliss-reactive ketones (excluding diaryl/α,β-unsaturated/α-hetero) is 1. The third kappa shape index (κ3) is 4.08. The Balaban J connectivity index is 3.26. The molecule has 6 nitrogen and oxygen atoms in total. The average Bonchev–Trinajstić information content (AvgIpc) is 2.36. The predicted octanol–water partition coefficient (Wildman–Crippen LogP) is 1.89. The highest BCUT2D eigenvalue weighted by Crippen LogP contribution is 2.33. The topological polar surface area (TPSA) is 78.9 Å². The Bertz CT molecular complexity index is 547. The summed E-state index contributed by atoms with van der Waals surface area (Å²) < 4.78 is 15.0. The first kappa shape index (κ1) is 15.7. The number of hydrogen-bond donors (Lipinski definition) is 0. The number of methoxy groups -OCH3 is 1. The molecular weight excluding hydrogens is 264 g/mol. The van der Waals surface area contributed by atoms with Crippen molar-refractivity contribution in [2.75, 3.05) is 7.11 Å². The summed E-state index contributed by atoms with van der Waals surface area (Å²) in [5.41, 5.74) is 0.764. The molecule has 0 saturated carbocycles. The SMILES string of the molecule is COc1cc(COC(C)=O)cc(C(C)=O)c1OC(C)=O. The Hall–Kier alpha value is -2.37. The lowest BCUT2D eigenvalue weighted by molar-refractivity contribution is -0.142. The minimum Gasteiger partial charge on any atom is -0.493 e. The van der Waals surface area contributed by atoms with Crippen LogP contribution in [0.4, 0.5) is 0 Å². The van der Waals surface area contributed by atoms with Crippen LogP contribution >= 0.6 is 0 Å². The minimum absolute atomic E-state index is 0.00627. The van der Waals surface area contributed by atoms with E-state index in [9.17, 15) is 14.4 Å². The molecule has 108 valence electrons. The summed E-state index contributed by atoms with van der Waals surface area (Å²) in [5.74, 6) is -0.978. The molecule has 0 unspecified atom stereocenters. The van der Waals surface area contributed by atoms with Crippen molar-refractivity contribution < 1.29 is 28.6 Å². The minimum atomic E-state index is -0.557. The van der Waals surface area contributed by atoms with Gasteiger partial charge in [-0.25, -0.2) is 0 Å². The third-order valence-corrected chi connectivity index (χ3v) is 2.40. The van der Waals surface area contributed by atoms with Crippen LogP contribution in [-0.2, 0) is 20.9 Å². The molecule has 0 aliphatic heterocycles. The van der Waals surface area contributed by atoms with Crippen molar-refractivity contribution in [3.05, 3.63) is 23.3 Å². The molecule has 1 rings (SSSR count). The number of ether oxygens (including phenoxy) is 3. The number of hydrogen-bond acceptors (Lipinski definition) is 6.